The average Bonchev–Trinajstić information content (AvgIpc) is 2.42. The Morgan fingerprint density at radius 2 is 1.25 bits per heavy atom. The lowest BCUT2D eigenvalue weighted by Gasteiger charge is -2.42. The molecule has 0 aromatic heterocycles. The molecule has 0 saturated carbocycles. The maximum atomic E-state index is 11.4. The highest BCUT2D eigenvalue weighted by Crippen LogP contribution is 2.30. The number of hydrogen-bond acceptors (Lipinski definition) is 10. The van der Waals surface area contributed by atoms with E-state index in [1.54, 1.807) is 0 Å². The van der Waals surface area contributed by atoms with Gasteiger partial charge in [-0.15, -0.1) is 12.6 Å². The first kappa shape index (κ1) is 20.2. The van der Waals surface area contributed by atoms with Crippen LogP contribution in [0.15, 0.2) is 0 Å². The minimum Gasteiger partial charge on any atom is -0.463 e. The Kier molecular flexibility index (Phi) is 7.49. The van der Waals surface area contributed by atoms with Gasteiger partial charge in [0.1, 0.15) is 18.1 Å². The number of carbonyl (C=O) groups excluding carboxylic acids is 4. The molecule has 0 radical (unpaired) electrons. The van der Waals surface area contributed by atoms with Crippen LogP contribution in [-0.4, -0.2) is 60.3 Å². The molecule has 0 aliphatic carbocycles. The lowest BCUT2D eigenvalue weighted by molar-refractivity contribution is -0.237. The van der Waals surface area contributed by atoms with E-state index < -0.39 is 53.7 Å². The Labute approximate surface area is 144 Å². The lowest BCUT2D eigenvalue weighted by Crippen LogP contribution is -2.61. The summed E-state index contributed by atoms with van der Waals surface area (Å²) >= 11 is 4.18. The van der Waals surface area contributed by atoms with Crippen molar-refractivity contribution < 1.29 is 42.9 Å². The predicted molar refractivity (Wildman–Crippen MR) is 80.9 cm³/mol. The van der Waals surface area contributed by atoms with Crippen LogP contribution in [0.5, 0.6) is 0 Å². The van der Waals surface area contributed by atoms with E-state index in [2.05, 4.69) is 12.6 Å². The number of carbonyl (C=O) groups is 4. The molecule has 1 rings (SSSR count). The number of hydrogen-bond donors (Lipinski definition) is 1. The third-order valence-corrected chi connectivity index (χ3v) is 3.38. The van der Waals surface area contributed by atoms with Crippen molar-refractivity contribution in [3.8, 4) is 0 Å². The molecule has 1 saturated heterocycles. The van der Waals surface area contributed by atoms with Crippen LogP contribution in [0.1, 0.15) is 27.7 Å². The van der Waals surface area contributed by atoms with E-state index in [0.717, 1.165) is 20.8 Å². The largest absolute Gasteiger partial charge is 0.463 e. The van der Waals surface area contributed by atoms with Crippen molar-refractivity contribution in [2.24, 2.45) is 0 Å². The molecule has 0 bridgehead atoms. The van der Waals surface area contributed by atoms with Gasteiger partial charge in [0.15, 0.2) is 18.3 Å². The molecule has 1 aliphatic rings. The second kappa shape index (κ2) is 8.88. The zero-order valence-electron chi connectivity index (χ0n) is 13.7. The van der Waals surface area contributed by atoms with Gasteiger partial charge in [-0.1, -0.05) is 0 Å². The second-order valence-corrected chi connectivity index (χ2v) is 5.60. The summed E-state index contributed by atoms with van der Waals surface area (Å²) < 4.78 is 25.8. The molecule has 136 valence electrons. The SMILES string of the molecule is CC(=O)OCC1OC(S)C(OC(C)=O)[C@@H](OC(C)=O)C1OC(C)=O. The van der Waals surface area contributed by atoms with Gasteiger partial charge in [0.05, 0.1) is 0 Å². The van der Waals surface area contributed by atoms with Crippen molar-refractivity contribution in [3.63, 3.8) is 0 Å². The Morgan fingerprint density at radius 3 is 1.71 bits per heavy atom. The summed E-state index contributed by atoms with van der Waals surface area (Å²) in [6.07, 6.45) is -4.35. The summed E-state index contributed by atoms with van der Waals surface area (Å²) in [6.45, 7) is 4.42. The lowest BCUT2D eigenvalue weighted by atomic mass is 9.99. The molecular formula is C14H20O9S. The van der Waals surface area contributed by atoms with Gasteiger partial charge in [-0.25, -0.2) is 0 Å². The van der Waals surface area contributed by atoms with Crippen LogP contribution < -0.4 is 0 Å². The number of thiol groups is 1. The zero-order valence-corrected chi connectivity index (χ0v) is 14.6. The highest BCUT2D eigenvalue weighted by atomic mass is 32.1. The van der Waals surface area contributed by atoms with E-state index in [1.807, 2.05) is 0 Å². The zero-order chi connectivity index (χ0) is 18.4. The van der Waals surface area contributed by atoms with E-state index in [9.17, 15) is 19.2 Å². The molecular weight excluding hydrogens is 344 g/mol. The van der Waals surface area contributed by atoms with Crippen LogP contribution in [0.25, 0.3) is 0 Å². The van der Waals surface area contributed by atoms with Gasteiger partial charge in [-0.3, -0.25) is 19.2 Å². The van der Waals surface area contributed by atoms with Crippen LogP contribution in [-0.2, 0) is 42.9 Å². The Hall–Kier alpha value is -1.81. The van der Waals surface area contributed by atoms with Gasteiger partial charge < -0.3 is 23.7 Å². The molecule has 0 aromatic rings. The molecule has 9 nitrogen and oxygen atoms in total. The maximum absolute atomic E-state index is 11.4. The molecule has 1 heterocycles. The van der Waals surface area contributed by atoms with E-state index in [-0.39, 0.29) is 6.61 Å². The Balaban J connectivity index is 3.11. The predicted octanol–water partition coefficient (Wildman–Crippen LogP) is -0.000700. The van der Waals surface area contributed by atoms with Gasteiger partial charge in [-0.2, -0.15) is 0 Å². The van der Waals surface area contributed by atoms with Crippen LogP contribution >= 0.6 is 12.6 Å². The summed E-state index contributed by atoms with van der Waals surface area (Å²) in [5.41, 5.74) is -0.981. The van der Waals surface area contributed by atoms with Gasteiger partial charge in [0.2, 0.25) is 0 Å². The fourth-order valence-corrected chi connectivity index (χ4v) is 2.59. The van der Waals surface area contributed by atoms with Crippen molar-refractivity contribution in [3.05, 3.63) is 0 Å². The first-order valence-corrected chi connectivity index (χ1v) is 7.62. The van der Waals surface area contributed by atoms with Crippen molar-refractivity contribution >= 4 is 36.5 Å². The molecule has 10 heteroatoms. The fraction of sp³-hybridized carbons (Fsp3) is 0.714. The third kappa shape index (κ3) is 6.00. The highest BCUT2D eigenvalue weighted by molar-refractivity contribution is 7.80. The summed E-state index contributed by atoms with van der Waals surface area (Å²) in [5, 5.41) is 0. The average molecular weight is 364 g/mol. The molecule has 0 amide bonds. The van der Waals surface area contributed by atoms with Crippen molar-refractivity contribution in [2.45, 2.75) is 57.5 Å². The van der Waals surface area contributed by atoms with E-state index in [0.29, 0.717) is 0 Å². The van der Waals surface area contributed by atoms with Gasteiger partial charge in [-0.05, 0) is 0 Å². The number of rotatable bonds is 5. The second-order valence-electron chi connectivity index (χ2n) is 5.09. The first-order valence-electron chi connectivity index (χ1n) is 7.10. The van der Waals surface area contributed by atoms with Gasteiger partial charge >= 0.3 is 23.9 Å². The highest BCUT2D eigenvalue weighted by Gasteiger charge is 2.51. The number of ether oxygens (including phenoxy) is 5. The van der Waals surface area contributed by atoms with E-state index in [4.69, 9.17) is 23.7 Å². The fourth-order valence-electron chi connectivity index (χ4n) is 2.21. The monoisotopic (exact) mass is 364 g/mol. The number of esters is 4. The van der Waals surface area contributed by atoms with E-state index >= 15 is 0 Å². The molecule has 0 N–H and O–H groups in total. The van der Waals surface area contributed by atoms with Crippen LogP contribution in [0.3, 0.4) is 0 Å². The standard InChI is InChI=1S/C14H20O9S/c1-6(15)19-5-10-11(20-7(2)16)12(21-8(3)17)13(14(24)23-10)22-9(4)18/h10-14,24H,5H2,1-4H3/t10?,11?,12-,13?,14?/m0/s1. The normalized spacial score (nSPS) is 29.3. The minimum absolute atomic E-state index is 0.255. The first-order chi connectivity index (χ1) is 11.1. The van der Waals surface area contributed by atoms with Crippen molar-refractivity contribution in [1.29, 1.82) is 0 Å². The van der Waals surface area contributed by atoms with Gasteiger partial charge in [0.25, 0.3) is 0 Å². The third-order valence-electron chi connectivity index (χ3n) is 2.97. The molecule has 4 unspecified atom stereocenters. The topological polar surface area (TPSA) is 114 Å². The smallest absolute Gasteiger partial charge is 0.303 e. The molecule has 24 heavy (non-hydrogen) atoms. The summed E-state index contributed by atoms with van der Waals surface area (Å²) in [6, 6.07) is 0. The minimum atomic E-state index is -1.16. The van der Waals surface area contributed by atoms with Gasteiger partial charge in [0, 0.05) is 27.7 Å². The Morgan fingerprint density at radius 1 is 0.792 bits per heavy atom. The summed E-state index contributed by atoms with van der Waals surface area (Å²) in [4.78, 5) is 45.1. The molecule has 0 spiro atoms. The quantitative estimate of drug-likeness (QED) is 0.409. The van der Waals surface area contributed by atoms with Crippen LogP contribution in [0.2, 0.25) is 0 Å². The molecule has 0 aromatic carbocycles. The van der Waals surface area contributed by atoms with Crippen LogP contribution in [0.4, 0.5) is 0 Å². The Bertz CT molecular complexity index is 506. The summed E-state index contributed by atoms with van der Waals surface area (Å²) in [5.74, 6) is -2.57. The van der Waals surface area contributed by atoms with E-state index in [1.165, 1.54) is 6.92 Å². The molecule has 1 aliphatic heterocycles. The molecule has 1 fully saturated rings. The van der Waals surface area contributed by atoms with Crippen molar-refractivity contribution in [2.75, 3.05) is 6.61 Å². The molecule has 5 atom stereocenters. The van der Waals surface area contributed by atoms with Crippen molar-refractivity contribution in [1.82, 2.24) is 0 Å². The van der Waals surface area contributed by atoms with Crippen LogP contribution in [0, 0.1) is 0 Å². The summed E-state index contributed by atoms with van der Waals surface area (Å²) in [7, 11) is 0. The maximum Gasteiger partial charge on any atom is 0.303 e.